The summed E-state index contributed by atoms with van der Waals surface area (Å²) < 4.78 is 98.1. The summed E-state index contributed by atoms with van der Waals surface area (Å²) in [6.45, 7) is 2.12. The van der Waals surface area contributed by atoms with E-state index in [1.807, 2.05) is 0 Å². The topological polar surface area (TPSA) is 311 Å². The summed E-state index contributed by atoms with van der Waals surface area (Å²) in [5.41, 5.74) is 9.86. The highest BCUT2D eigenvalue weighted by atomic mass is 31.2. The molecular formula is C28H35FN10O14P2. The van der Waals surface area contributed by atoms with Gasteiger partial charge in [0.2, 0.25) is 12.7 Å². The SMILES string of the molecule is COP1(=O)OCC2O[C@@H](n3cnc4c(=O)[nH]c(N)nc43)C(OP(=O)(OCOC(=O)C(C)(C)C)OC[C@H]3O[C@@H](n4cnc5c(N)ncnc54)C(F)C3O1)C2C=O. The molecule has 4 aromatic rings. The lowest BCUT2D eigenvalue weighted by Crippen LogP contribution is -2.34. The van der Waals surface area contributed by atoms with Crippen molar-refractivity contribution in [3.8, 4) is 0 Å². The predicted molar refractivity (Wildman–Crippen MR) is 180 cm³/mol. The number of carbonyl (C=O) groups excluding carboxylic acids is 2. The first-order valence-corrected chi connectivity index (χ1v) is 19.3. The third-order valence-electron chi connectivity index (χ3n) is 8.75. The van der Waals surface area contributed by atoms with E-state index in [1.165, 1.54) is 15.5 Å². The average Bonchev–Trinajstić information content (AvgIpc) is 3.90. The Kier molecular flexibility index (Phi) is 10.4. The van der Waals surface area contributed by atoms with Gasteiger partial charge in [0.05, 0.1) is 43.3 Å². The number of aldehydes is 1. The van der Waals surface area contributed by atoms with Crippen molar-refractivity contribution in [1.82, 2.24) is 39.0 Å². The van der Waals surface area contributed by atoms with Crippen LogP contribution in [0.4, 0.5) is 16.2 Å². The molecule has 0 radical (unpaired) electrons. The molecule has 3 aliphatic rings. The largest absolute Gasteiger partial charge is 0.478 e. The average molecular weight is 817 g/mol. The van der Waals surface area contributed by atoms with E-state index < -0.39 is 102 Å². The quantitative estimate of drug-likeness (QED) is 0.102. The number of hydrogen-bond acceptors (Lipinski definition) is 21. The second-order valence-electron chi connectivity index (χ2n) is 13.4. The zero-order valence-corrected chi connectivity index (χ0v) is 31.1. The number of nitrogen functional groups attached to an aromatic ring is 2. The van der Waals surface area contributed by atoms with Gasteiger partial charge in [0.1, 0.15) is 36.4 Å². The van der Waals surface area contributed by atoms with E-state index in [2.05, 4.69) is 29.9 Å². The fourth-order valence-electron chi connectivity index (χ4n) is 5.99. The Labute approximate surface area is 308 Å². The lowest BCUT2D eigenvalue weighted by atomic mass is 9.98. The number of fused-ring (bicyclic) bond motifs is 5. The van der Waals surface area contributed by atoms with Crippen LogP contribution in [-0.2, 0) is 60.1 Å². The highest BCUT2D eigenvalue weighted by Crippen LogP contribution is 2.58. The maximum Gasteiger partial charge on any atom is 0.478 e. The number of halogens is 1. The van der Waals surface area contributed by atoms with Gasteiger partial charge in [-0.2, -0.15) is 4.98 Å². The molecule has 0 aromatic carbocycles. The van der Waals surface area contributed by atoms with Crippen molar-refractivity contribution in [2.75, 3.05) is 38.6 Å². The molecule has 3 fully saturated rings. The van der Waals surface area contributed by atoms with E-state index in [0.29, 0.717) is 6.29 Å². The zero-order chi connectivity index (χ0) is 39.4. The second-order valence-corrected chi connectivity index (χ2v) is 16.7. The minimum atomic E-state index is -5.05. The molecule has 10 atom stereocenters. The number of esters is 1. The summed E-state index contributed by atoms with van der Waals surface area (Å²) in [6.07, 6.45) is -7.84. The van der Waals surface area contributed by atoms with Crippen LogP contribution in [0, 0.1) is 11.3 Å². The molecule has 0 saturated carbocycles. The summed E-state index contributed by atoms with van der Waals surface area (Å²) in [5.74, 6) is -2.46. The zero-order valence-electron chi connectivity index (χ0n) is 29.3. The van der Waals surface area contributed by atoms with E-state index in [9.17, 15) is 23.5 Å². The number of imidazole rings is 2. The summed E-state index contributed by atoms with van der Waals surface area (Å²) in [6, 6.07) is 0. The number of nitrogens with one attached hydrogen (secondary N) is 1. The molecule has 0 amide bonds. The number of aromatic amines is 1. The fraction of sp³-hybridized carbons (Fsp3) is 0.571. The second kappa shape index (κ2) is 14.7. The molecule has 298 valence electrons. The van der Waals surface area contributed by atoms with Crippen molar-refractivity contribution in [1.29, 1.82) is 0 Å². The summed E-state index contributed by atoms with van der Waals surface area (Å²) >= 11 is 0. The summed E-state index contributed by atoms with van der Waals surface area (Å²) in [4.78, 5) is 60.4. The molecule has 24 nitrogen and oxygen atoms in total. The number of hydrogen-bond donors (Lipinski definition) is 3. The normalized spacial score (nSPS) is 33.1. The number of carbonyl (C=O) groups is 2. The van der Waals surface area contributed by atoms with E-state index >= 15 is 4.39 Å². The van der Waals surface area contributed by atoms with Gasteiger partial charge in [-0.15, -0.1) is 0 Å². The van der Waals surface area contributed by atoms with E-state index in [-0.39, 0.29) is 34.1 Å². The molecule has 7 heterocycles. The monoisotopic (exact) mass is 816 g/mol. The first kappa shape index (κ1) is 39.0. The molecule has 55 heavy (non-hydrogen) atoms. The molecule has 3 aliphatic heterocycles. The summed E-state index contributed by atoms with van der Waals surface area (Å²) in [5, 5.41) is 0. The highest BCUT2D eigenvalue weighted by Gasteiger charge is 2.55. The minimum absolute atomic E-state index is 0.00232. The molecule has 3 saturated heterocycles. The van der Waals surface area contributed by atoms with Crippen LogP contribution in [0.5, 0.6) is 0 Å². The number of H-pyrrole nitrogens is 1. The molecule has 0 aliphatic carbocycles. The number of nitrogens with zero attached hydrogens (tertiary/aromatic N) is 7. The predicted octanol–water partition coefficient (Wildman–Crippen LogP) is 1.32. The number of aromatic nitrogens is 8. The first-order valence-electron chi connectivity index (χ1n) is 16.3. The van der Waals surface area contributed by atoms with Crippen molar-refractivity contribution >= 4 is 62.0 Å². The molecular weight excluding hydrogens is 781 g/mol. The summed E-state index contributed by atoms with van der Waals surface area (Å²) in [7, 11) is -8.82. The fourth-order valence-corrected chi connectivity index (χ4v) is 8.37. The van der Waals surface area contributed by atoms with Gasteiger partial charge in [0.25, 0.3) is 5.56 Å². The van der Waals surface area contributed by atoms with Crippen molar-refractivity contribution in [3.63, 3.8) is 0 Å². The first-order chi connectivity index (χ1) is 26.0. The maximum atomic E-state index is 16.5. The standard InChI is InChI=1S/C28H35FN10O14P2/c1-28(2,3)26(42)46-11-49-55(44)48-7-14-19(15(29)24(51-14)38-9-34-16-20(30)32-8-33-21(16)38)53-54(43,45-4)47-6-13-12(5-40)18(52-55)25(50-13)39-10-35-17-22(39)36-27(31)37-23(17)41/h5,8-10,12-15,18-19,24-25H,6-7,11H2,1-4H3,(H2,30,32,33)(H3,31,36,37,41)/t12?,13?,14-,15?,18?,19?,24-,25-,54?,55?/m1/s1. The highest BCUT2D eigenvalue weighted by molar-refractivity contribution is 7.48. The molecule has 2 bridgehead atoms. The van der Waals surface area contributed by atoms with Gasteiger partial charge in [-0.1, -0.05) is 0 Å². The van der Waals surface area contributed by atoms with Gasteiger partial charge in [0.15, 0.2) is 41.3 Å². The van der Waals surface area contributed by atoms with Crippen LogP contribution in [-0.4, -0.2) is 109 Å². The van der Waals surface area contributed by atoms with Crippen LogP contribution in [0.1, 0.15) is 33.2 Å². The lowest BCUT2D eigenvalue weighted by molar-refractivity contribution is -0.161. The van der Waals surface area contributed by atoms with Crippen molar-refractivity contribution < 1.29 is 64.5 Å². The van der Waals surface area contributed by atoms with Crippen LogP contribution < -0.4 is 17.0 Å². The number of rotatable bonds is 7. The van der Waals surface area contributed by atoms with Gasteiger partial charge in [0, 0.05) is 7.11 Å². The van der Waals surface area contributed by atoms with Gasteiger partial charge < -0.3 is 30.5 Å². The van der Waals surface area contributed by atoms with Crippen molar-refractivity contribution in [3.05, 3.63) is 29.3 Å². The van der Waals surface area contributed by atoms with Crippen LogP contribution >= 0.6 is 15.6 Å². The Hall–Kier alpha value is -4.29. The van der Waals surface area contributed by atoms with Crippen LogP contribution in [0.2, 0.25) is 0 Å². The number of alkyl halides is 1. The number of phosphoric ester groups is 2. The Balaban J connectivity index is 1.28. The Morgan fingerprint density at radius 3 is 2.35 bits per heavy atom. The van der Waals surface area contributed by atoms with E-state index in [1.54, 1.807) is 20.8 Å². The lowest BCUT2D eigenvalue weighted by Gasteiger charge is -2.28. The minimum Gasteiger partial charge on any atom is -0.437 e. The third-order valence-corrected chi connectivity index (χ3v) is 11.5. The molecule has 0 spiro atoms. The third kappa shape index (κ3) is 7.39. The number of ether oxygens (including phenoxy) is 3. The van der Waals surface area contributed by atoms with Crippen LogP contribution in [0.3, 0.4) is 0 Å². The molecule has 27 heteroatoms. The Morgan fingerprint density at radius 2 is 1.64 bits per heavy atom. The van der Waals surface area contributed by atoms with E-state index in [4.69, 9.17) is 52.8 Å². The smallest absolute Gasteiger partial charge is 0.437 e. The number of nitrogens with two attached hydrogens (primary N) is 2. The van der Waals surface area contributed by atoms with Crippen LogP contribution in [0.25, 0.3) is 22.3 Å². The van der Waals surface area contributed by atoms with Crippen molar-refractivity contribution in [2.24, 2.45) is 11.3 Å². The number of phosphoric acid groups is 2. The van der Waals surface area contributed by atoms with Crippen LogP contribution in [0.15, 0.2) is 23.8 Å². The molecule has 5 N–H and O–H groups in total. The number of anilines is 2. The van der Waals surface area contributed by atoms with Gasteiger partial charge >= 0.3 is 21.6 Å². The Morgan fingerprint density at radius 1 is 0.982 bits per heavy atom. The van der Waals surface area contributed by atoms with Crippen molar-refractivity contribution in [2.45, 2.75) is 63.8 Å². The molecule has 7 rings (SSSR count). The van der Waals surface area contributed by atoms with Gasteiger partial charge in [-0.3, -0.25) is 46.3 Å². The Bertz CT molecular complexity index is 2270. The molecule has 7 unspecified atom stereocenters. The molecule has 4 aromatic heterocycles. The maximum absolute atomic E-state index is 16.5. The van der Waals surface area contributed by atoms with E-state index in [0.717, 1.165) is 19.8 Å². The van der Waals surface area contributed by atoms with Gasteiger partial charge in [-0.25, -0.2) is 38.0 Å². The van der Waals surface area contributed by atoms with Gasteiger partial charge in [-0.05, 0) is 20.8 Å².